The quantitative estimate of drug-likeness (QED) is 0.810. The van der Waals surface area contributed by atoms with Gasteiger partial charge in [0.25, 0.3) is 0 Å². The number of allylic oxidation sites excluding steroid dienone is 2. The monoisotopic (exact) mass is 306 g/mol. The fourth-order valence-electron chi connectivity index (χ4n) is 4.18. The van der Waals surface area contributed by atoms with E-state index >= 15 is 0 Å². The maximum atomic E-state index is 12.5. The normalized spacial score (nSPS) is 36.5. The van der Waals surface area contributed by atoms with Crippen molar-refractivity contribution in [2.75, 3.05) is 26.2 Å². The van der Waals surface area contributed by atoms with E-state index < -0.39 is 0 Å². The Balaban J connectivity index is 1.48. The Bertz CT molecular complexity index is 468. The molecule has 0 radical (unpaired) electrons. The molecule has 0 spiro atoms. The number of fused-ring (bicyclic) bond motifs is 1. The molecule has 0 bridgehead atoms. The van der Waals surface area contributed by atoms with Crippen molar-refractivity contribution in [3.63, 3.8) is 0 Å². The first-order chi connectivity index (χ1) is 10.4. The van der Waals surface area contributed by atoms with Gasteiger partial charge in [0.1, 0.15) is 0 Å². The van der Waals surface area contributed by atoms with Crippen LogP contribution in [0.1, 0.15) is 40.5 Å². The predicted octanol–water partition coefficient (Wildman–Crippen LogP) is 2.20. The van der Waals surface area contributed by atoms with Gasteiger partial charge < -0.3 is 10.1 Å². The Morgan fingerprint density at radius 3 is 2.91 bits per heavy atom. The van der Waals surface area contributed by atoms with Crippen LogP contribution >= 0.6 is 0 Å². The highest BCUT2D eigenvalue weighted by Gasteiger charge is 2.60. The Hall–Kier alpha value is -0.870. The second kappa shape index (κ2) is 5.97. The third kappa shape index (κ3) is 3.09. The predicted molar refractivity (Wildman–Crippen MR) is 87.5 cm³/mol. The van der Waals surface area contributed by atoms with Crippen LogP contribution < -0.4 is 5.32 Å². The van der Waals surface area contributed by atoms with E-state index in [0.717, 1.165) is 13.2 Å². The lowest BCUT2D eigenvalue weighted by Crippen LogP contribution is -2.50. The first-order valence-electron chi connectivity index (χ1n) is 8.68. The summed E-state index contributed by atoms with van der Waals surface area (Å²) in [6.45, 7) is 12.2. The lowest BCUT2D eigenvalue weighted by molar-refractivity contribution is -0.124. The number of ether oxygens (including phenoxy) is 1. The van der Waals surface area contributed by atoms with Crippen molar-refractivity contribution in [3.8, 4) is 0 Å². The van der Waals surface area contributed by atoms with Gasteiger partial charge in [-0.05, 0) is 44.6 Å². The summed E-state index contributed by atoms with van der Waals surface area (Å²) in [7, 11) is 0. The molecule has 3 rings (SSSR count). The molecule has 2 aliphatic heterocycles. The summed E-state index contributed by atoms with van der Waals surface area (Å²) in [4.78, 5) is 15.0. The van der Waals surface area contributed by atoms with E-state index in [4.69, 9.17) is 4.74 Å². The van der Waals surface area contributed by atoms with Crippen LogP contribution in [0.4, 0.5) is 0 Å². The first kappa shape index (κ1) is 16.0. The standard InChI is InChI=1S/C18H30N2O2/c1-12(2)8-15-16(18(15,3)4)17(21)19-9-14-10-20-7-5-6-13(20)11-22-14/h8,13-16H,5-7,9-11H2,1-4H3,(H,19,21)/t13-,14-,15-,16-/m1/s1. The zero-order valence-electron chi connectivity index (χ0n) is 14.4. The highest BCUT2D eigenvalue weighted by Crippen LogP contribution is 2.59. The number of amides is 1. The average Bonchev–Trinajstić information content (AvgIpc) is 2.83. The molecule has 3 fully saturated rings. The Morgan fingerprint density at radius 1 is 1.41 bits per heavy atom. The summed E-state index contributed by atoms with van der Waals surface area (Å²) in [5, 5.41) is 3.13. The first-order valence-corrected chi connectivity index (χ1v) is 8.68. The number of hydrogen-bond donors (Lipinski definition) is 1. The minimum atomic E-state index is 0.0921. The van der Waals surface area contributed by atoms with Gasteiger partial charge in [-0.1, -0.05) is 25.5 Å². The van der Waals surface area contributed by atoms with Gasteiger partial charge in [-0.2, -0.15) is 0 Å². The third-order valence-electron chi connectivity index (χ3n) is 5.67. The number of carbonyl (C=O) groups excluding carboxylic acids is 1. The Kier molecular flexibility index (Phi) is 4.34. The molecule has 1 amide bonds. The molecule has 0 aromatic heterocycles. The Morgan fingerprint density at radius 2 is 2.18 bits per heavy atom. The van der Waals surface area contributed by atoms with Crippen LogP contribution in [-0.2, 0) is 9.53 Å². The maximum absolute atomic E-state index is 12.5. The lowest BCUT2D eigenvalue weighted by atomic mass is 10.1. The molecule has 4 atom stereocenters. The number of morpholine rings is 1. The summed E-state index contributed by atoms with van der Waals surface area (Å²) >= 11 is 0. The zero-order valence-corrected chi connectivity index (χ0v) is 14.4. The second-order valence-electron chi connectivity index (χ2n) is 8.06. The molecule has 0 aromatic carbocycles. The largest absolute Gasteiger partial charge is 0.373 e. The summed E-state index contributed by atoms with van der Waals surface area (Å²) in [6.07, 6.45) is 4.95. The van der Waals surface area contributed by atoms with Gasteiger partial charge in [0.05, 0.1) is 18.6 Å². The number of nitrogens with zero attached hydrogens (tertiary/aromatic N) is 1. The molecule has 1 aliphatic carbocycles. The molecule has 2 heterocycles. The summed E-state index contributed by atoms with van der Waals surface area (Å²) in [5.74, 6) is 0.693. The fourth-order valence-corrected chi connectivity index (χ4v) is 4.18. The molecule has 22 heavy (non-hydrogen) atoms. The van der Waals surface area contributed by atoms with Crippen molar-refractivity contribution >= 4 is 5.91 Å². The smallest absolute Gasteiger partial charge is 0.224 e. The average molecular weight is 306 g/mol. The van der Waals surface area contributed by atoms with Gasteiger partial charge in [-0.25, -0.2) is 0 Å². The minimum Gasteiger partial charge on any atom is -0.373 e. The van der Waals surface area contributed by atoms with Crippen LogP contribution in [-0.4, -0.2) is 49.2 Å². The van der Waals surface area contributed by atoms with E-state index in [1.54, 1.807) is 0 Å². The number of rotatable bonds is 4. The van der Waals surface area contributed by atoms with Crippen molar-refractivity contribution < 1.29 is 9.53 Å². The molecule has 0 unspecified atom stereocenters. The van der Waals surface area contributed by atoms with E-state index in [1.165, 1.54) is 25.0 Å². The number of nitrogens with one attached hydrogen (secondary N) is 1. The zero-order chi connectivity index (χ0) is 15.9. The maximum Gasteiger partial charge on any atom is 0.224 e. The van der Waals surface area contributed by atoms with E-state index in [0.29, 0.717) is 18.5 Å². The van der Waals surface area contributed by atoms with Crippen molar-refractivity contribution in [2.24, 2.45) is 17.3 Å². The van der Waals surface area contributed by atoms with Crippen LogP contribution in [0.15, 0.2) is 11.6 Å². The van der Waals surface area contributed by atoms with E-state index in [1.807, 2.05) is 0 Å². The molecule has 2 saturated heterocycles. The SMILES string of the molecule is CC(C)=C[C@@H]1[C@H](C(=O)NC[C@@H]2CN3CCC[C@@H]3CO2)C1(C)C. The molecule has 1 saturated carbocycles. The van der Waals surface area contributed by atoms with E-state index in [-0.39, 0.29) is 23.3 Å². The van der Waals surface area contributed by atoms with Crippen molar-refractivity contribution in [1.29, 1.82) is 0 Å². The molecule has 1 N–H and O–H groups in total. The summed E-state index contributed by atoms with van der Waals surface area (Å²) in [6, 6.07) is 0.622. The molecule has 4 nitrogen and oxygen atoms in total. The molecule has 4 heteroatoms. The van der Waals surface area contributed by atoms with Gasteiger partial charge in [-0.15, -0.1) is 0 Å². The fraction of sp³-hybridized carbons (Fsp3) is 0.833. The minimum absolute atomic E-state index is 0.0921. The Labute approximate surface area is 134 Å². The van der Waals surface area contributed by atoms with Crippen LogP contribution in [0.25, 0.3) is 0 Å². The van der Waals surface area contributed by atoms with Crippen molar-refractivity contribution in [3.05, 3.63) is 11.6 Å². The summed E-state index contributed by atoms with van der Waals surface area (Å²) < 4.78 is 5.92. The number of carbonyl (C=O) groups is 1. The second-order valence-corrected chi connectivity index (χ2v) is 8.06. The van der Waals surface area contributed by atoms with Gasteiger partial charge in [0.2, 0.25) is 5.91 Å². The van der Waals surface area contributed by atoms with Crippen LogP contribution in [0.3, 0.4) is 0 Å². The third-order valence-corrected chi connectivity index (χ3v) is 5.67. The van der Waals surface area contributed by atoms with E-state index in [2.05, 4.69) is 44.0 Å². The highest BCUT2D eigenvalue weighted by molar-refractivity contribution is 5.83. The van der Waals surface area contributed by atoms with Crippen LogP contribution in [0, 0.1) is 17.3 Å². The topological polar surface area (TPSA) is 41.6 Å². The van der Waals surface area contributed by atoms with E-state index in [9.17, 15) is 4.79 Å². The molecular formula is C18H30N2O2. The summed E-state index contributed by atoms with van der Waals surface area (Å²) in [5.41, 5.74) is 1.39. The molecule has 3 aliphatic rings. The van der Waals surface area contributed by atoms with Crippen molar-refractivity contribution in [1.82, 2.24) is 10.2 Å². The molecule has 124 valence electrons. The van der Waals surface area contributed by atoms with Gasteiger partial charge in [0, 0.05) is 19.1 Å². The highest BCUT2D eigenvalue weighted by atomic mass is 16.5. The molecule has 0 aromatic rings. The van der Waals surface area contributed by atoms with Gasteiger partial charge in [-0.3, -0.25) is 9.69 Å². The van der Waals surface area contributed by atoms with Gasteiger partial charge >= 0.3 is 0 Å². The van der Waals surface area contributed by atoms with Crippen molar-refractivity contribution in [2.45, 2.75) is 52.7 Å². The molecular weight excluding hydrogens is 276 g/mol. The van der Waals surface area contributed by atoms with Gasteiger partial charge in [0.15, 0.2) is 0 Å². The van der Waals surface area contributed by atoms with Crippen LogP contribution in [0.5, 0.6) is 0 Å². The lowest BCUT2D eigenvalue weighted by Gasteiger charge is -2.35. The number of hydrogen-bond acceptors (Lipinski definition) is 3. The van der Waals surface area contributed by atoms with Crippen LogP contribution in [0.2, 0.25) is 0 Å².